The molecule has 12 heteroatoms. The van der Waals surface area contributed by atoms with Crippen LogP contribution in [0, 0.1) is 11.2 Å². The van der Waals surface area contributed by atoms with Crippen molar-refractivity contribution in [2.45, 2.75) is 39.3 Å². The Hall–Kier alpha value is -2.67. The Balaban J connectivity index is 1.79. The molecule has 2 atom stereocenters. The van der Waals surface area contributed by atoms with Crippen molar-refractivity contribution in [3.63, 3.8) is 0 Å². The minimum atomic E-state index is -0.961. The fraction of sp³-hybridized carbons (Fsp3) is 0.462. The van der Waals surface area contributed by atoms with E-state index in [1.165, 1.54) is 23.5 Å². The SMILES string of the molecule is CCOC(=O)C1=C(CN2CCOCC2CC(C)(C)C(=O)O)NC(c2nccs2)=N[C@H]1c1ccc(F)cc1Br. The van der Waals surface area contributed by atoms with Crippen LogP contribution in [0.3, 0.4) is 0 Å². The molecule has 2 aromatic rings. The zero-order valence-corrected chi connectivity index (χ0v) is 23.8. The van der Waals surface area contributed by atoms with Crippen molar-refractivity contribution >= 4 is 45.0 Å². The number of aliphatic imine (C=N–C) groups is 1. The van der Waals surface area contributed by atoms with Gasteiger partial charge in [0.1, 0.15) is 11.9 Å². The number of halogens is 2. The molecule has 204 valence electrons. The summed E-state index contributed by atoms with van der Waals surface area (Å²) in [6.07, 6.45) is 2.04. The van der Waals surface area contributed by atoms with E-state index in [1.807, 2.05) is 5.38 Å². The first-order valence-electron chi connectivity index (χ1n) is 12.3. The molecule has 1 aromatic carbocycles. The molecule has 0 aliphatic carbocycles. The third-order valence-corrected chi connectivity index (χ3v) is 8.02. The topological polar surface area (TPSA) is 113 Å². The number of thiazole rings is 1. The van der Waals surface area contributed by atoms with E-state index in [1.54, 1.807) is 33.0 Å². The normalized spacial score (nSPS) is 20.6. The number of carboxylic acids is 1. The average Bonchev–Trinajstić information content (AvgIpc) is 3.40. The molecule has 2 aliphatic heterocycles. The number of hydrogen-bond acceptors (Lipinski definition) is 9. The second-order valence-corrected chi connectivity index (χ2v) is 11.5. The van der Waals surface area contributed by atoms with Gasteiger partial charge in [0.2, 0.25) is 0 Å². The summed E-state index contributed by atoms with van der Waals surface area (Å²) in [7, 11) is 0. The minimum Gasteiger partial charge on any atom is -0.481 e. The first kappa shape index (κ1) is 28.3. The summed E-state index contributed by atoms with van der Waals surface area (Å²) in [5.74, 6) is -1.35. The zero-order chi connectivity index (χ0) is 27.4. The fourth-order valence-corrected chi connectivity index (χ4v) is 5.69. The van der Waals surface area contributed by atoms with Crippen molar-refractivity contribution < 1.29 is 28.6 Å². The quantitative estimate of drug-likeness (QED) is 0.408. The Kier molecular flexibility index (Phi) is 8.96. The van der Waals surface area contributed by atoms with E-state index >= 15 is 0 Å². The second-order valence-electron chi connectivity index (χ2n) is 9.71. The largest absolute Gasteiger partial charge is 0.481 e. The van der Waals surface area contributed by atoms with Crippen LogP contribution in [0.1, 0.15) is 43.8 Å². The molecule has 9 nitrogen and oxygen atoms in total. The van der Waals surface area contributed by atoms with Crippen molar-refractivity contribution in [3.8, 4) is 0 Å². The molecule has 0 amide bonds. The maximum absolute atomic E-state index is 14.0. The molecule has 2 N–H and O–H groups in total. The number of nitrogens with zero attached hydrogens (tertiary/aromatic N) is 3. The summed E-state index contributed by atoms with van der Waals surface area (Å²) in [6, 6.07) is 3.29. The lowest BCUT2D eigenvalue weighted by atomic mass is 9.85. The number of aliphatic carboxylic acids is 1. The molecular formula is C26H30BrFN4O5S. The number of carboxylic acid groups (broad SMARTS) is 1. The molecule has 2 aliphatic rings. The molecule has 1 unspecified atom stereocenters. The van der Waals surface area contributed by atoms with E-state index in [-0.39, 0.29) is 12.6 Å². The number of esters is 1. The molecular weight excluding hydrogens is 579 g/mol. The maximum atomic E-state index is 14.0. The number of amidine groups is 1. The van der Waals surface area contributed by atoms with Crippen LogP contribution in [0.15, 0.2) is 50.5 Å². The van der Waals surface area contributed by atoms with Crippen molar-refractivity contribution in [2.24, 2.45) is 10.4 Å². The first-order chi connectivity index (χ1) is 18.1. The highest BCUT2D eigenvalue weighted by atomic mass is 79.9. The van der Waals surface area contributed by atoms with E-state index in [0.29, 0.717) is 64.9 Å². The molecule has 1 fully saturated rings. The van der Waals surface area contributed by atoms with Crippen LogP contribution in [0.2, 0.25) is 0 Å². The molecule has 1 saturated heterocycles. The van der Waals surface area contributed by atoms with E-state index < -0.39 is 29.2 Å². The Labute approximate surface area is 232 Å². The number of ether oxygens (including phenoxy) is 2. The van der Waals surface area contributed by atoms with Gasteiger partial charge in [-0.3, -0.25) is 14.7 Å². The number of hydrogen-bond donors (Lipinski definition) is 2. The maximum Gasteiger partial charge on any atom is 0.338 e. The van der Waals surface area contributed by atoms with Crippen LogP contribution in [-0.4, -0.2) is 71.7 Å². The highest BCUT2D eigenvalue weighted by molar-refractivity contribution is 9.10. The predicted octanol–water partition coefficient (Wildman–Crippen LogP) is 4.15. The predicted molar refractivity (Wildman–Crippen MR) is 145 cm³/mol. The van der Waals surface area contributed by atoms with E-state index in [9.17, 15) is 19.1 Å². The lowest BCUT2D eigenvalue weighted by Gasteiger charge is -2.40. The lowest BCUT2D eigenvalue weighted by Crippen LogP contribution is -2.51. The molecule has 1 aromatic heterocycles. The highest BCUT2D eigenvalue weighted by Gasteiger charge is 2.38. The van der Waals surface area contributed by atoms with E-state index in [2.05, 4.69) is 31.1 Å². The van der Waals surface area contributed by atoms with Crippen LogP contribution in [0.4, 0.5) is 4.39 Å². The minimum absolute atomic E-state index is 0.170. The summed E-state index contributed by atoms with van der Waals surface area (Å²) < 4.78 is 25.6. The number of nitrogens with one attached hydrogen (secondary N) is 1. The number of morpholine rings is 1. The van der Waals surface area contributed by atoms with Crippen molar-refractivity contribution in [2.75, 3.05) is 32.9 Å². The number of carbonyl (C=O) groups excluding carboxylic acids is 1. The Morgan fingerprint density at radius 2 is 2.18 bits per heavy atom. The van der Waals surface area contributed by atoms with Gasteiger partial charge in [-0.1, -0.05) is 22.0 Å². The van der Waals surface area contributed by atoms with Crippen LogP contribution in [0.5, 0.6) is 0 Å². The van der Waals surface area contributed by atoms with Crippen LogP contribution in [-0.2, 0) is 19.1 Å². The van der Waals surface area contributed by atoms with Gasteiger partial charge >= 0.3 is 11.9 Å². The summed E-state index contributed by atoms with van der Waals surface area (Å²) in [4.78, 5) is 36.6. The third-order valence-electron chi connectivity index (χ3n) is 6.55. The van der Waals surface area contributed by atoms with Crippen molar-refractivity contribution in [3.05, 3.63) is 61.9 Å². The smallest absolute Gasteiger partial charge is 0.338 e. The standard InChI is InChI=1S/C26H30BrFN4O5S/c1-4-37-24(33)20-19(13-32-8-9-36-14-16(32)12-26(2,3)25(34)35)30-22(23-29-7-10-38-23)31-21(20)17-6-5-15(28)11-18(17)27/h5-7,10-11,16,21H,4,8-9,12-14H2,1-3H3,(H,30,31)(H,34,35)/t16?,21-/m0/s1. The number of benzene rings is 1. The second kappa shape index (κ2) is 12.0. The number of aromatic nitrogens is 1. The van der Waals surface area contributed by atoms with Gasteiger partial charge in [-0.15, -0.1) is 11.3 Å². The zero-order valence-electron chi connectivity index (χ0n) is 21.4. The number of carbonyl (C=O) groups is 2. The lowest BCUT2D eigenvalue weighted by molar-refractivity contribution is -0.149. The van der Waals surface area contributed by atoms with Gasteiger partial charge in [-0.25, -0.2) is 14.2 Å². The van der Waals surface area contributed by atoms with Crippen LogP contribution >= 0.6 is 27.3 Å². The van der Waals surface area contributed by atoms with Crippen LogP contribution < -0.4 is 5.32 Å². The molecule has 38 heavy (non-hydrogen) atoms. The van der Waals surface area contributed by atoms with Gasteiger partial charge in [-0.05, 0) is 44.9 Å². The van der Waals surface area contributed by atoms with Crippen molar-refractivity contribution in [1.29, 1.82) is 0 Å². The number of rotatable bonds is 9. The summed E-state index contributed by atoms with van der Waals surface area (Å²) in [5.41, 5.74) is 0.525. The molecule has 0 bridgehead atoms. The Morgan fingerprint density at radius 3 is 2.84 bits per heavy atom. The molecule has 0 spiro atoms. The molecule has 4 rings (SSSR count). The van der Waals surface area contributed by atoms with E-state index in [0.717, 1.165) is 0 Å². The van der Waals surface area contributed by atoms with Crippen LogP contribution in [0.25, 0.3) is 0 Å². The van der Waals surface area contributed by atoms with E-state index in [4.69, 9.17) is 14.5 Å². The highest BCUT2D eigenvalue weighted by Crippen LogP contribution is 2.37. The summed E-state index contributed by atoms with van der Waals surface area (Å²) in [5, 5.41) is 15.5. The Morgan fingerprint density at radius 1 is 1.39 bits per heavy atom. The Bertz CT molecular complexity index is 1250. The molecule has 0 saturated carbocycles. The monoisotopic (exact) mass is 608 g/mol. The van der Waals surface area contributed by atoms with Crippen molar-refractivity contribution in [1.82, 2.24) is 15.2 Å². The molecule has 3 heterocycles. The first-order valence-corrected chi connectivity index (χ1v) is 13.9. The van der Waals surface area contributed by atoms with Gasteiger partial charge in [-0.2, -0.15) is 0 Å². The van der Waals surface area contributed by atoms with Gasteiger partial charge < -0.3 is 19.9 Å². The molecule has 0 radical (unpaired) electrons. The summed E-state index contributed by atoms with van der Waals surface area (Å²) in [6.45, 7) is 7.00. The van der Waals surface area contributed by atoms with Gasteiger partial charge in [0, 0.05) is 40.9 Å². The van der Waals surface area contributed by atoms with Gasteiger partial charge in [0.05, 0.1) is 30.8 Å². The fourth-order valence-electron chi connectivity index (χ4n) is 4.53. The van der Waals surface area contributed by atoms with Gasteiger partial charge in [0.15, 0.2) is 10.8 Å². The van der Waals surface area contributed by atoms with Gasteiger partial charge in [0.25, 0.3) is 0 Å². The third kappa shape index (κ3) is 6.31. The summed E-state index contributed by atoms with van der Waals surface area (Å²) >= 11 is 4.84. The average molecular weight is 610 g/mol.